The van der Waals surface area contributed by atoms with Gasteiger partial charge in [-0.25, -0.2) is 0 Å². The number of rotatable bonds is 7. The van der Waals surface area contributed by atoms with Gasteiger partial charge in [-0.15, -0.1) is 0 Å². The predicted molar refractivity (Wildman–Crippen MR) is 148 cm³/mol. The number of quaternary nitrogens is 1. The summed E-state index contributed by atoms with van der Waals surface area (Å²) in [6, 6.07) is 27.9. The molecule has 2 heterocycles. The van der Waals surface area contributed by atoms with E-state index in [2.05, 4.69) is 123 Å². The second kappa shape index (κ2) is 12.9. The van der Waals surface area contributed by atoms with Crippen LogP contribution in [0.1, 0.15) is 24.4 Å². The first-order chi connectivity index (χ1) is 16.9. The number of aryl methyl sites for hydroxylation is 1. The zero-order valence-corrected chi connectivity index (χ0v) is 27.0. The number of hydrogen-bond acceptors (Lipinski definition) is 3. The summed E-state index contributed by atoms with van der Waals surface area (Å²) < 4.78 is 3.34. The molecule has 0 N–H and O–H groups in total. The van der Waals surface area contributed by atoms with Crippen LogP contribution in [-0.2, 0) is 6.42 Å². The van der Waals surface area contributed by atoms with Crippen molar-refractivity contribution in [2.45, 2.75) is 24.2 Å². The largest absolute Gasteiger partial charge is 1.00 e. The molecular weight excluding hydrogens is 702 g/mol. The monoisotopic (exact) mass is 736 g/mol. The van der Waals surface area contributed by atoms with Crippen LogP contribution in [0.4, 0.5) is 5.69 Å². The number of thioether (sulfide) groups is 1. The van der Waals surface area contributed by atoms with Gasteiger partial charge in [0.2, 0.25) is 0 Å². The van der Waals surface area contributed by atoms with Crippen LogP contribution in [0.3, 0.4) is 0 Å². The van der Waals surface area contributed by atoms with Crippen LogP contribution in [0.15, 0.2) is 88.8 Å². The molecule has 1 aromatic heterocycles. The van der Waals surface area contributed by atoms with Crippen LogP contribution in [0.5, 0.6) is 0 Å². The van der Waals surface area contributed by atoms with Gasteiger partial charge in [-0.1, -0.05) is 54.2 Å². The third-order valence-electron chi connectivity index (χ3n) is 6.45. The van der Waals surface area contributed by atoms with Crippen molar-refractivity contribution in [2.24, 2.45) is 0 Å². The molecule has 0 unspecified atom stereocenters. The summed E-state index contributed by atoms with van der Waals surface area (Å²) in [7, 11) is 8.93. The minimum Gasteiger partial charge on any atom is -1.00 e. The number of para-hydroxylation sites is 3. The molecule has 7 heteroatoms. The number of aromatic nitrogens is 2. The molecule has 0 saturated heterocycles. The average Bonchev–Trinajstić information content (AvgIpc) is 3.17. The fourth-order valence-electron chi connectivity index (χ4n) is 4.65. The minimum absolute atomic E-state index is 0. The number of unbranched alkanes of at least 4 members (excludes halogenated alkanes) is 1. The molecule has 0 amide bonds. The fourth-order valence-corrected chi connectivity index (χ4v) is 5.74. The minimum atomic E-state index is 0. The Bertz CT molecular complexity index is 1380. The molecule has 0 radical (unpaired) electrons. The molecule has 194 valence electrons. The highest BCUT2D eigenvalue weighted by Gasteiger charge is 2.26. The third-order valence-corrected chi connectivity index (χ3v) is 7.62. The standard InChI is InChI=1S/C30H34N4S.2HI/c1-32-27-18-10-11-19-28(27)35-30(32)22-25-24-16-8-9-17-26(24)33(23-14-6-5-7-15-23)29(31-25)20-12-13-21-34(2,3)4;;/h5-11,14-19,22H,12-13,20-21H2,1-4H3;2*1H/q+2;;/p-2. The van der Waals surface area contributed by atoms with Gasteiger partial charge in [0.05, 0.1) is 50.2 Å². The number of fused-ring (bicyclic) bond motifs is 2. The second-order valence-corrected chi connectivity index (χ2v) is 11.2. The molecule has 0 aliphatic carbocycles. The number of anilines is 1. The Labute approximate surface area is 259 Å². The van der Waals surface area contributed by atoms with Gasteiger partial charge in [0.15, 0.2) is 5.69 Å². The summed E-state index contributed by atoms with van der Waals surface area (Å²) in [4.78, 5) is 8.88. The quantitative estimate of drug-likeness (QED) is 0.116. The zero-order valence-electron chi connectivity index (χ0n) is 21.9. The van der Waals surface area contributed by atoms with Gasteiger partial charge in [-0.05, 0) is 54.2 Å². The number of nitrogens with zero attached hydrogens (tertiary/aromatic N) is 4. The van der Waals surface area contributed by atoms with Crippen LogP contribution < -0.4 is 57.4 Å². The molecular formula is C30H34I2N4S. The molecule has 1 aliphatic heterocycles. The highest BCUT2D eigenvalue weighted by atomic mass is 127. The van der Waals surface area contributed by atoms with Crippen molar-refractivity contribution in [3.8, 4) is 5.69 Å². The Kier molecular flexibility index (Phi) is 10.4. The van der Waals surface area contributed by atoms with Gasteiger partial charge in [-0.3, -0.25) is 0 Å². The summed E-state index contributed by atoms with van der Waals surface area (Å²) in [6.45, 7) is 1.16. The molecule has 0 saturated carbocycles. The predicted octanol–water partition coefficient (Wildman–Crippen LogP) is 0.0889. The van der Waals surface area contributed by atoms with Gasteiger partial charge in [0.25, 0.3) is 0 Å². The van der Waals surface area contributed by atoms with Crippen LogP contribution in [-0.4, -0.2) is 44.2 Å². The summed E-state index contributed by atoms with van der Waals surface area (Å²) in [5.74, 6) is 1.12. The molecule has 0 fully saturated rings. The highest BCUT2D eigenvalue weighted by Crippen LogP contribution is 2.45. The number of hydrogen-bond donors (Lipinski definition) is 0. The maximum atomic E-state index is 5.31. The molecule has 37 heavy (non-hydrogen) atoms. The summed E-state index contributed by atoms with van der Waals surface area (Å²) in [5, 5.41) is 2.38. The van der Waals surface area contributed by atoms with E-state index in [4.69, 9.17) is 4.98 Å². The van der Waals surface area contributed by atoms with E-state index >= 15 is 0 Å². The molecule has 4 nitrogen and oxygen atoms in total. The zero-order chi connectivity index (χ0) is 24.4. The normalized spacial score (nSPS) is 13.8. The molecule has 3 aromatic carbocycles. The molecule has 4 aromatic rings. The average molecular weight is 737 g/mol. The Balaban J connectivity index is 0.00000190. The van der Waals surface area contributed by atoms with Crippen molar-refractivity contribution < 1.29 is 57.0 Å². The van der Waals surface area contributed by atoms with Crippen molar-refractivity contribution >= 4 is 34.4 Å². The van der Waals surface area contributed by atoms with Crippen LogP contribution >= 0.6 is 11.8 Å². The van der Waals surface area contributed by atoms with Gasteiger partial charge < -0.3 is 57.3 Å². The molecule has 5 rings (SSSR count). The molecule has 0 bridgehead atoms. The third kappa shape index (κ3) is 6.85. The van der Waals surface area contributed by atoms with Crippen LogP contribution in [0.25, 0.3) is 22.7 Å². The maximum Gasteiger partial charge on any atom is 0.304 e. The van der Waals surface area contributed by atoms with E-state index in [1.165, 1.54) is 32.9 Å². The number of benzene rings is 3. The van der Waals surface area contributed by atoms with E-state index in [1.807, 2.05) is 11.8 Å². The van der Waals surface area contributed by atoms with Gasteiger partial charge in [-0.2, -0.15) is 4.57 Å². The first-order valence-corrected chi connectivity index (χ1v) is 13.1. The first kappa shape index (κ1) is 29.9. The fraction of sp³-hybridized carbons (Fsp3) is 0.267. The van der Waals surface area contributed by atoms with Crippen molar-refractivity contribution in [2.75, 3.05) is 39.6 Å². The lowest BCUT2D eigenvalue weighted by atomic mass is 10.1. The Morgan fingerprint density at radius 3 is 2.27 bits per heavy atom. The topological polar surface area (TPSA) is 20.0 Å². The SMILES string of the molecule is CN1/C(=C/c2nc(CCCC[N+](C)(C)C)[n+](-c3ccccc3)c3ccccc23)Sc2ccccc21.[I-].[I-]. The van der Waals surface area contributed by atoms with Crippen LogP contribution in [0, 0.1) is 0 Å². The lowest BCUT2D eigenvalue weighted by molar-refractivity contribution is -0.870. The van der Waals surface area contributed by atoms with Crippen molar-refractivity contribution in [3.63, 3.8) is 0 Å². The van der Waals surface area contributed by atoms with E-state index in [9.17, 15) is 0 Å². The highest BCUT2D eigenvalue weighted by molar-refractivity contribution is 8.03. The van der Waals surface area contributed by atoms with Gasteiger partial charge in [0.1, 0.15) is 11.2 Å². The van der Waals surface area contributed by atoms with Crippen molar-refractivity contribution in [1.29, 1.82) is 0 Å². The van der Waals surface area contributed by atoms with Gasteiger partial charge in [0, 0.05) is 18.0 Å². The first-order valence-electron chi connectivity index (χ1n) is 12.3. The van der Waals surface area contributed by atoms with Crippen molar-refractivity contribution in [1.82, 2.24) is 4.98 Å². The Morgan fingerprint density at radius 2 is 1.54 bits per heavy atom. The second-order valence-electron chi connectivity index (χ2n) is 10.2. The summed E-state index contributed by atoms with van der Waals surface area (Å²) in [6.07, 6.45) is 5.50. The maximum absolute atomic E-state index is 5.31. The van der Waals surface area contributed by atoms with Crippen LogP contribution in [0.2, 0.25) is 0 Å². The molecule has 0 spiro atoms. The summed E-state index contributed by atoms with van der Waals surface area (Å²) >= 11 is 1.82. The molecule has 0 atom stereocenters. The van der Waals surface area contributed by atoms with E-state index < -0.39 is 0 Å². The summed E-state index contributed by atoms with van der Waals surface area (Å²) in [5.41, 5.74) is 4.66. The number of halogens is 2. The Hall–Kier alpha value is -1.69. The van der Waals surface area contributed by atoms with E-state index in [1.54, 1.807) is 0 Å². The molecule has 1 aliphatic rings. The van der Waals surface area contributed by atoms with E-state index in [0.717, 1.165) is 41.1 Å². The van der Waals surface area contributed by atoms with Gasteiger partial charge >= 0.3 is 5.82 Å². The lowest BCUT2D eigenvalue weighted by Crippen LogP contribution is -3.00. The van der Waals surface area contributed by atoms with Crippen molar-refractivity contribution in [3.05, 3.63) is 95.4 Å². The smallest absolute Gasteiger partial charge is 0.304 e. The lowest BCUT2D eigenvalue weighted by Gasteiger charge is -2.23. The Morgan fingerprint density at radius 1 is 0.865 bits per heavy atom. The van der Waals surface area contributed by atoms with E-state index in [0.29, 0.717) is 0 Å². The van der Waals surface area contributed by atoms with E-state index in [-0.39, 0.29) is 48.0 Å².